The number of rotatable bonds is 8. The molecule has 2 aromatic carbocycles. The van der Waals surface area contributed by atoms with Crippen LogP contribution in [0.15, 0.2) is 60.8 Å². The Morgan fingerprint density at radius 3 is 2.47 bits per heavy atom. The highest BCUT2D eigenvalue weighted by molar-refractivity contribution is 6.04. The molecular formula is C34H37F2N5O4. The molecule has 9 nitrogen and oxygen atoms in total. The average Bonchev–Trinajstić information content (AvgIpc) is 3.20. The number of nitrogens with one attached hydrogen (secondary N) is 1. The van der Waals surface area contributed by atoms with Gasteiger partial charge in [-0.2, -0.15) is 0 Å². The zero-order valence-corrected chi connectivity index (χ0v) is 25.9. The van der Waals surface area contributed by atoms with Gasteiger partial charge in [-0.1, -0.05) is 19.9 Å². The lowest BCUT2D eigenvalue weighted by Crippen LogP contribution is -2.25. The lowest BCUT2D eigenvalue weighted by Gasteiger charge is -2.21. The van der Waals surface area contributed by atoms with Crippen LogP contribution in [-0.4, -0.2) is 61.3 Å². The van der Waals surface area contributed by atoms with Gasteiger partial charge in [-0.05, 0) is 48.9 Å². The maximum Gasteiger partial charge on any atom is 0.258 e. The van der Waals surface area contributed by atoms with E-state index in [0.717, 1.165) is 37.4 Å². The van der Waals surface area contributed by atoms with Gasteiger partial charge >= 0.3 is 0 Å². The van der Waals surface area contributed by atoms with E-state index < -0.39 is 11.6 Å². The summed E-state index contributed by atoms with van der Waals surface area (Å²) in [6, 6.07) is 14.3. The average molecular weight is 618 g/mol. The fourth-order valence-electron chi connectivity index (χ4n) is 5.44. The Labute approximate surface area is 261 Å². The van der Waals surface area contributed by atoms with Crippen molar-refractivity contribution >= 4 is 23.1 Å². The predicted molar refractivity (Wildman–Crippen MR) is 169 cm³/mol. The van der Waals surface area contributed by atoms with Crippen LogP contribution in [0.4, 0.5) is 26.0 Å². The number of amides is 1. The first-order valence-electron chi connectivity index (χ1n) is 15.0. The number of pyridine rings is 2. The molecule has 2 aromatic heterocycles. The molecule has 1 saturated heterocycles. The van der Waals surface area contributed by atoms with Gasteiger partial charge < -0.3 is 29.3 Å². The standard InChI is InChI=1S/C32H31F2N5O4.C2H6/c1-41-22-9-7-20(28(15-22)42-2)18-39-19-27-31(32(39)40)26(16-25(36-27)30-23(33)5-3-6-24(30)34)37-29-10-8-21(17-35-29)38-11-4-13-43-14-12-38;1-2/h3,5-10,15-17H,4,11-14,18-19H2,1-2H3,(H,35,36,37);1-2H3. The molecule has 6 rings (SSSR count). The molecule has 0 aliphatic carbocycles. The van der Waals surface area contributed by atoms with Crippen molar-refractivity contribution in [2.75, 3.05) is 50.7 Å². The molecule has 1 N–H and O–H groups in total. The van der Waals surface area contributed by atoms with Crippen molar-refractivity contribution in [3.8, 4) is 22.8 Å². The van der Waals surface area contributed by atoms with Crippen LogP contribution >= 0.6 is 0 Å². The van der Waals surface area contributed by atoms with Crippen LogP contribution in [0, 0.1) is 11.6 Å². The zero-order valence-electron chi connectivity index (χ0n) is 25.9. The van der Waals surface area contributed by atoms with Crippen molar-refractivity contribution < 1.29 is 27.8 Å². The number of ether oxygens (including phenoxy) is 3. The van der Waals surface area contributed by atoms with E-state index in [1.54, 1.807) is 37.4 Å². The molecule has 0 saturated carbocycles. The van der Waals surface area contributed by atoms with Crippen LogP contribution in [-0.2, 0) is 17.8 Å². The summed E-state index contributed by atoms with van der Waals surface area (Å²) in [4.78, 5) is 26.8. The summed E-state index contributed by atoms with van der Waals surface area (Å²) in [6.07, 6.45) is 2.69. The highest BCUT2D eigenvalue weighted by Crippen LogP contribution is 2.37. The van der Waals surface area contributed by atoms with Crippen molar-refractivity contribution in [3.05, 3.63) is 89.2 Å². The maximum absolute atomic E-state index is 14.9. The van der Waals surface area contributed by atoms with Crippen LogP contribution < -0.4 is 19.7 Å². The normalized spacial score (nSPS) is 14.3. The molecule has 0 bridgehead atoms. The van der Waals surface area contributed by atoms with Gasteiger partial charge in [0.15, 0.2) is 0 Å². The molecule has 1 fully saturated rings. The van der Waals surface area contributed by atoms with Crippen LogP contribution in [0.25, 0.3) is 11.3 Å². The molecule has 0 radical (unpaired) electrons. The number of carbonyl (C=O) groups is 1. The minimum absolute atomic E-state index is 0.0784. The second kappa shape index (κ2) is 14.3. The third-order valence-corrected chi connectivity index (χ3v) is 7.61. The lowest BCUT2D eigenvalue weighted by atomic mass is 10.1. The number of aromatic nitrogens is 2. The summed E-state index contributed by atoms with van der Waals surface area (Å²) >= 11 is 0. The third kappa shape index (κ3) is 6.83. The Kier molecular flexibility index (Phi) is 10.1. The number of benzene rings is 2. The van der Waals surface area contributed by atoms with E-state index in [4.69, 9.17) is 14.2 Å². The number of fused-ring (bicyclic) bond motifs is 1. The predicted octanol–water partition coefficient (Wildman–Crippen LogP) is 6.59. The van der Waals surface area contributed by atoms with Gasteiger partial charge in [0.1, 0.15) is 29.0 Å². The van der Waals surface area contributed by atoms with E-state index in [1.807, 2.05) is 32.0 Å². The third-order valence-electron chi connectivity index (χ3n) is 7.61. The van der Waals surface area contributed by atoms with Crippen molar-refractivity contribution in [2.24, 2.45) is 0 Å². The number of hydrogen-bond acceptors (Lipinski definition) is 8. The van der Waals surface area contributed by atoms with E-state index in [1.165, 1.54) is 24.3 Å². The highest BCUT2D eigenvalue weighted by Gasteiger charge is 2.33. The second-order valence-electron chi connectivity index (χ2n) is 10.3. The van der Waals surface area contributed by atoms with Crippen molar-refractivity contribution in [3.63, 3.8) is 0 Å². The number of carbonyl (C=O) groups excluding carboxylic acids is 1. The first kappa shape index (κ1) is 31.6. The topological polar surface area (TPSA) is 89.0 Å². The van der Waals surface area contributed by atoms with E-state index in [0.29, 0.717) is 40.9 Å². The van der Waals surface area contributed by atoms with Gasteiger partial charge in [0, 0.05) is 31.3 Å². The minimum atomic E-state index is -0.744. The summed E-state index contributed by atoms with van der Waals surface area (Å²) in [5.74, 6) is -0.0818. The van der Waals surface area contributed by atoms with Gasteiger partial charge in [0.2, 0.25) is 0 Å². The molecule has 2 aliphatic rings. The Morgan fingerprint density at radius 1 is 0.956 bits per heavy atom. The van der Waals surface area contributed by atoms with Gasteiger partial charge in [-0.15, -0.1) is 0 Å². The second-order valence-corrected chi connectivity index (χ2v) is 10.3. The monoisotopic (exact) mass is 617 g/mol. The number of hydrogen-bond donors (Lipinski definition) is 1. The largest absolute Gasteiger partial charge is 0.497 e. The smallest absolute Gasteiger partial charge is 0.258 e. The van der Waals surface area contributed by atoms with Gasteiger partial charge in [0.25, 0.3) is 5.91 Å². The van der Waals surface area contributed by atoms with Crippen LogP contribution in [0.1, 0.15) is 41.9 Å². The van der Waals surface area contributed by atoms with Gasteiger partial charge in [-0.3, -0.25) is 4.79 Å². The van der Waals surface area contributed by atoms with Crippen molar-refractivity contribution in [1.82, 2.24) is 14.9 Å². The molecule has 4 aromatic rings. The fourth-order valence-corrected chi connectivity index (χ4v) is 5.44. The first-order valence-corrected chi connectivity index (χ1v) is 15.0. The molecule has 0 unspecified atom stereocenters. The zero-order chi connectivity index (χ0) is 31.9. The van der Waals surface area contributed by atoms with Gasteiger partial charge in [-0.25, -0.2) is 18.7 Å². The van der Waals surface area contributed by atoms with Crippen molar-refractivity contribution in [1.29, 1.82) is 0 Å². The Bertz CT molecular complexity index is 1620. The Hall–Kier alpha value is -4.77. The van der Waals surface area contributed by atoms with Gasteiger partial charge in [0.05, 0.1) is 74.0 Å². The fraction of sp³-hybridized carbons (Fsp3) is 0.324. The summed E-state index contributed by atoms with van der Waals surface area (Å²) in [5.41, 5.74) is 2.64. The molecule has 11 heteroatoms. The lowest BCUT2D eigenvalue weighted by molar-refractivity contribution is 0.0766. The summed E-state index contributed by atoms with van der Waals surface area (Å²) in [7, 11) is 3.12. The quantitative estimate of drug-likeness (QED) is 0.237. The Balaban J connectivity index is 0.00000196. The highest BCUT2D eigenvalue weighted by atomic mass is 19.1. The molecule has 4 heterocycles. The van der Waals surface area contributed by atoms with E-state index >= 15 is 0 Å². The number of methoxy groups -OCH3 is 2. The van der Waals surface area contributed by atoms with E-state index in [-0.39, 0.29) is 30.3 Å². The molecule has 236 valence electrons. The minimum Gasteiger partial charge on any atom is -0.497 e. The van der Waals surface area contributed by atoms with Crippen molar-refractivity contribution in [2.45, 2.75) is 33.4 Å². The molecule has 45 heavy (non-hydrogen) atoms. The molecular weight excluding hydrogens is 580 g/mol. The summed E-state index contributed by atoms with van der Waals surface area (Å²) < 4.78 is 46.1. The first-order chi connectivity index (χ1) is 21.9. The molecule has 1 amide bonds. The SMILES string of the molecule is CC.COc1ccc(CN2Cc3nc(-c4c(F)cccc4F)cc(Nc4ccc(N5CCCOCC5)cn4)c3C2=O)c(OC)c1. The number of nitrogens with zero attached hydrogens (tertiary/aromatic N) is 4. The summed E-state index contributed by atoms with van der Waals surface area (Å²) in [6.45, 7) is 7.40. The Morgan fingerprint density at radius 2 is 1.76 bits per heavy atom. The number of halogens is 2. The summed E-state index contributed by atoms with van der Waals surface area (Å²) in [5, 5.41) is 3.22. The molecule has 2 aliphatic heterocycles. The maximum atomic E-state index is 14.9. The van der Waals surface area contributed by atoms with Crippen LogP contribution in [0.5, 0.6) is 11.5 Å². The van der Waals surface area contributed by atoms with Crippen LogP contribution in [0.2, 0.25) is 0 Å². The molecule has 0 atom stereocenters. The number of anilines is 3. The van der Waals surface area contributed by atoms with Crippen LogP contribution in [0.3, 0.4) is 0 Å². The van der Waals surface area contributed by atoms with E-state index in [2.05, 4.69) is 20.2 Å². The molecule has 0 spiro atoms. The van der Waals surface area contributed by atoms with E-state index in [9.17, 15) is 13.6 Å².